The van der Waals surface area contributed by atoms with E-state index in [1.807, 2.05) is 12.5 Å². The predicted molar refractivity (Wildman–Crippen MR) is 46.5 cm³/mol. The van der Waals surface area contributed by atoms with Crippen molar-refractivity contribution in [3.8, 4) is 0 Å². The van der Waals surface area contributed by atoms with Gasteiger partial charge < -0.3 is 4.57 Å². The average Bonchev–Trinajstić information content (AvgIpc) is 2.39. The third-order valence-corrected chi connectivity index (χ3v) is 1.77. The minimum absolute atomic E-state index is 1.11. The van der Waals surface area contributed by atoms with Crippen molar-refractivity contribution >= 4 is 0 Å². The molecule has 2 heteroatoms. The maximum atomic E-state index is 4.12. The van der Waals surface area contributed by atoms with Crippen molar-refractivity contribution < 1.29 is 0 Å². The molecule has 0 atom stereocenters. The largest absolute Gasteiger partial charge is 0.335 e. The Kier molecular flexibility index (Phi) is 3.14. The second-order valence-corrected chi connectivity index (χ2v) is 2.83. The normalized spacial score (nSPS) is 10.4. The van der Waals surface area contributed by atoms with E-state index in [1.165, 1.54) is 18.5 Å². The minimum Gasteiger partial charge on any atom is -0.335 e. The second-order valence-electron chi connectivity index (χ2n) is 2.83. The second kappa shape index (κ2) is 4.16. The van der Waals surface area contributed by atoms with Gasteiger partial charge in [-0.15, -0.1) is 0 Å². The van der Waals surface area contributed by atoms with E-state index in [0.717, 1.165) is 13.0 Å². The van der Waals surface area contributed by atoms with Gasteiger partial charge >= 0.3 is 0 Å². The fourth-order valence-corrected chi connectivity index (χ4v) is 1.25. The lowest BCUT2D eigenvalue weighted by atomic mass is 10.2. The number of hydrogen-bond acceptors (Lipinski definition) is 1. The fourth-order valence-electron chi connectivity index (χ4n) is 1.25. The molecule has 0 N–H and O–H groups in total. The van der Waals surface area contributed by atoms with E-state index in [-0.39, 0.29) is 0 Å². The molecule has 0 unspecified atom stereocenters. The molecule has 62 valence electrons. The lowest BCUT2D eigenvalue weighted by Crippen LogP contribution is -2.00. The molecule has 0 saturated carbocycles. The van der Waals surface area contributed by atoms with E-state index in [4.69, 9.17) is 0 Å². The van der Waals surface area contributed by atoms with Crippen molar-refractivity contribution in [2.45, 2.75) is 39.7 Å². The number of nitrogens with zero attached hydrogens (tertiary/aromatic N) is 2. The van der Waals surface area contributed by atoms with Crippen molar-refractivity contribution in [2.75, 3.05) is 0 Å². The van der Waals surface area contributed by atoms with Gasteiger partial charge in [-0.25, -0.2) is 4.98 Å². The number of hydrogen-bond donors (Lipinski definition) is 0. The standard InChI is InChI=1S/C9H16N2/c1-3-5-9-7-10-8-11(9)6-4-2/h7-8H,3-6H2,1-2H3. The Balaban J connectivity index is 2.62. The number of rotatable bonds is 4. The van der Waals surface area contributed by atoms with E-state index in [2.05, 4.69) is 23.4 Å². The Labute approximate surface area is 68.3 Å². The summed E-state index contributed by atoms with van der Waals surface area (Å²) in [5.41, 5.74) is 1.37. The molecule has 11 heavy (non-hydrogen) atoms. The maximum absolute atomic E-state index is 4.12. The summed E-state index contributed by atoms with van der Waals surface area (Å²) in [5, 5.41) is 0. The van der Waals surface area contributed by atoms with Gasteiger partial charge in [0.15, 0.2) is 0 Å². The van der Waals surface area contributed by atoms with Crippen molar-refractivity contribution in [1.29, 1.82) is 0 Å². The SMILES string of the molecule is CCCc1cncn1CCC. The molecule has 2 nitrogen and oxygen atoms in total. The van der Waals surface area contributed by atoms with Gasteiger partial charge in [0.1, 0.15) is 0 Å². The van der Waals surface area contributed by atoms with E-state index < -0.39 is 0 Å². The highest BCUT2D eigenvalue weighted by molar-refractivity contribution is 4.97. The Morgan fingerprint density at radius 3 is 2.82 bits per heavy atom. The molecule has 0 radical (unpaired) electrons. The van der Waals surface area contributed by atoms with Gasteiger partial charge in [-0.3, -0.25) is 0 Å². The van der Waals surface area contributed by atoms with Crippen LogP contribution in [-0.4, -0.2) is 9.55 Å². The zero-order valence-corrected chi connectivity index (χ0v) is 7.38. The first-order valence-corrected chi connectivity index (χ1v) is 4.37. The monoisotopic (exact) mass is 152 g/mol. The molecule has 0 aliphatic rings. The minimum atomic E-state index is 1.11. The summed E-state index contributed by atoms with van der Waals surface area (Å²) < 4.78 is 2.24. The molecule has 0 spiro atoms. The summed E-state index contributed by atoms with van der Waals surface area (Å²) in [6.07, 6.45) is 7.44. The van der Waals surface area contributed by atoms with Crippen LogP contribution >= 0.6 is 0 Å². The molecular weight excluding hydrogens is 136 g/mol. The quantitative estimate of drug-likeness (QED) is 0.647. The van der Waals surface area contributed by atoms with Gasteiger partial charge in [-0.05, 0) is 12.8 Å². The highest BCUT2D eigenvalue weighted by Crippen LogP contribution is 2.03. The van der Waals surface area contributed by atoms with Gasteiger partial charge in [0.25, 0.3) is 0 Å². The third kappa shape index (κ3) is 2.07. The summed E-state index contributed by atoms with van der Waals surface area (Å²) in [6, 6.07) is 0. The molecule has 1 rings (SSSR count). The van der Waals surface area contributed by atoms with Crippen LogP contribution in [0.4, 0.5) is 0 Å². The first-order valence-electron chi connectivity index (χ1n) is 4.37. The molecular formula is C9H16N2. The summed E-state index contributed by atoms with van der Waals surface area (Å²) in [6.45, 7) is 5.49. The van der Waals surface area contributed by atoms with Gasteiger partial charge in [0.05, 0.1) is 6.33 Å². The number of aryl methyl sites for hydroxylation is 2. The highest BCUT2D eigenvalue weighted by Gasteiger charge is 1.97. The molecule has 1 aromatic rings. The smallest absolute Gasteiger partial charge is 0.0948 e. The molecule has 1 heterocycles. The van der Waals surface area contributed by atoms with Crippen LogP contribution < -0.4 is 0 Å². The molecule has 0 aromatic carbocycles. The van der Waals surface area contributed by atoms with Crippen LogP contribution in [-0.2, 0) is 13.0 Å². The Morgan fingerprint density at radius 2 is 2.18 bits per heavy atom. The van der Waals surface area contributed by atoms with Crippen molar-refractivity contribution in [2.24, 2.45) is 0 Å². The maximum Gasteiger partial charge on any atom is 0.0948 e. The first-order chi connectivity index (χ1) is 5.38. The van der Waals surface area contributed by atoms with E-state index >= 15 is 0 Å². The molecule has 1 aromatic heterocycles. The van der Waals surface area contributed by atoms with E-state index in [9.17, 15) is 0 Å². The summed E-state index contributed by atoms with van der Waals surface area (Å²) >= 11 is 0. The topological polar surface area (TPSA) is 17.8 Å². The summed E-state index contributed by atoms with van der Waals surface area (Å²) in [4.78, 5) is 4.12. The zero-order valence-electron chi connectivity index (χ0n) is 7.38. The lowest BCUT2D eigenvalue weighted by molar-refractivity contribution is 0.640. The zero-order chi connectivity index (χ0) is 8.10. The van der Waals surface area contributed by atoms with Crippen LogP contribution in [0.2, 0.25) is 0 Å². The number of aromatic nitrogens is 2. The van der Waals surface area contributed by atoms with Gasteiger partial charge in [0.2, 0.25) is 0 Å². The molecule has 0 amide bonds. The summed E-state index contributed by atoms with van der Waals surface area (Å²) in [5.74, 6) is 0. The lowest BCUT2D eigenvalue weighted by Gasteiger charge is -2.03. The van der Waals surface area contributed by atoms with Crippen LogP contribution in [0, 0.1) is 0 Å². The first kappa shape index (κ1) is 8.31. The molecule has 0 aliphatic carbocycles. The Bertz CT molecular complexity index is 183. The van der Waals surface area contributed by atoms with Crippen molar-refractivity contribution in [3.05, 3.63) is 18.2 Å². The van der Waals surface area contributed by atoms with Crippen LogP contribution in [0.5, 0.6) is 0 Å². The van der Waals surface area contributed by atoms with Crippen molar-refractivity contribution in [3.63, 3.8) is 0 Å². The summed E-state index contributed by atoms with van der Waals surface area (Å²) in [7, 11) is 0. The third-order valence-electron chi connectivity index (χ3n) is 1.77. The van der Waals surface area contributed by atoms with Crippen molar-refractivity contribution in [1.82, 2.24) is 9.55 Å². The number of imidazole rings is 1. The van der Waals surface area contributed by atoms with Crippen LogP contribution in [0.1, 0.15) is 32.4 Å². The molecule has 0 fully saturated rings. The van der Waals surface area contributed by atoms with Gasteiger partial charge in [0, 0.05) is 18.4 Å². The van der Waals surface area contributed by atoms with E-state index in [1.54, 1.807) is 0 Å². The van der Waals surface area contributed by atoms with Gasteiger partial charge in [-0.2, -0.15) is 0 Å². The average molecular weight is 152 g/mol. The Morgan fingerprint density at radius 1 is 1.36 bits per heavy atom. The molecule has 0 aliphatic heterocycles. The molecule has 0 saturated heterocycles. The van der Waals surface area contributed by atoms with Crippen LogP contribution in [0.25, 0.3) is 0 Å². The highest BCUT2D eigenvalue weighted by atomic mass is 15.0. The fraction of sp³-hybridized carbons (Fsp3) is 0.667. The van der Waals surface area contributed by atoms with Crippen LogP contribution in [0.3, 0.4) is 0 Å². The van der Waals surface area contributed by atoms with E-state index in [0.29, 0.717) is 0 Å². The van der Waals surface area contributed by atoms with Crippen LogP contribution in [0.15, 0.2) is 12.5 Å². The Hall–Kier alpha value is -0.790. The predicted octanol–water partition coefficient (Wildman–Crippen LogP) is 2.25. The van der Waals surface area contributed by atoms with Gasteiger partial charge in [-0.1, -0.05) is 20.3 Å². The molecule has 0 bridgehead atoms.